The van der Waals surface area contributed by atoms with Crippen LogP contribution in [0.25, 0.3) is 0 Å². The van der Waals surface area contributed by atoms with Crippen molar-refractivity contribution in [3.05, 3.63) is 35.9 Å². The Labute approximate surface area is 181 Å². The predicted octanol–water partition coefficient (Wildman–Crippen LogP) is 3.87. The Balaban J connectivity index is 0.00000364. The van der Waals surface area contributed by atoms with Crippen molar-refractivity contribution in [2.75, 3.05) is 33.3 Å². The van der Waals surface area contributed by atoms with Gasteiger partial charge in [0.25, 0.3) is 0 Å². The molecule has 0 aliphatic carbocycles. The van der Waals surface area contributed by atoms with E-state index in [0.717, 1.165) is 57.8 Å². The molecule has 0 radical (unpaired) electrons. The van der Waals surface area contributed by atoms with E-state index in [0.29, 0.717) is 12.3 Å². The minimum Gasteiger partial charge on any atom is -0.469 e. The fraction of sp³-hybridized carbons (Fsp3) is 0.619. The molecule has 0 saturated carbocycles. The lowest BCUT2D eigenvalue weighted by Crippen LogP contribution is -2.40. The van der Waals surface area contributed by atoms with E-state index in [-0.39, 0.29) is 29.9 Å². The molecule has 6 heteroatoms. The normalized spacial score (nSPS) is 16.7. The van der Waals surface area contributed by atoms with Gasteiger partial charge in [0, 0.05) is 32.6 Å². The molecule has 0 aromatic heterocycles. The average Bonchev–Trinajstić information content (AvgIpc) is 3.12. The first-order valence-corrected chi connectivity index (χ1v) is 9.87. The zero-order chi connectivity index (χ0) is 18.6. The van der Waals surface area contributed by atoms with Crippen molar-refractivity contribution in [3.63, 3.8) is 0 Å². The van der Waals surface area contributed by atoms with Gasteiger partial charge in [-0.25, -0.2) is 0 Å². The van der Waals surface area contributed by atoms with E-state index in [2.05, 4.69) is 52.2 Å². The molecular weight excluding hydrogens is 453 g/mol. The minimum absolute atomic E-state index is 0. The van der Waals surface area contributed by atoms with Gasteiger partial charge in [0.15, 0.2) is 5.96 Å². The van der Waals surface area contributed by atoms with E-state index in [4.69, 9.17) is 4.99 Å². The zero-order valence-electron chi connectivity index (χ0n) is 16.7. The van der Waals surface area contributed by atoms with E-state index in [9.17, 15) is 4.79 Å². The number of nitrogens with zero attached hydrogens (tertiary/aromatic N) is 2. The zero-order valence-corrected chi connectivity index (χ0v) is 19.0. The number of carbonyl (C=O) groups is 1. The summed E-state index contributed by atoms with van der Waals surface area (Å²) >= 11 is 0. The number of methoxy groups -OCH3 is 1. The summed E-state index contributed by atoms with van der Waals surface area (Å²) in [4.78, 5) is 18.3. The highest BCUT2D eigenvalue weighted by atomic mass is 127. The molecule has 1 heterocycles. The molecule has 1 fully saturated rings. The molecule has 0 spiro atoms. The molecular formula is C21H34IN3O2. The molecule has 1 aromatic rings. The number of rotatable bonds is 9. The van der Waals surface area contributed by atoms with Crippen LogP contribution >= 0.6 is 24.0 Å². The standard InChI is InChI=1S/C21H33N3O2.HI/c1-3-22-21(23-14-9-5-8-12-20(25)26-2)24-15-13-19(17-24)16-18-10-6-4-7-11-18;/h4,6-7,10-11,19H,3,5,8-9,12-17H2,1-2H3,(H,22,23);1H. The number of carbonyl (C=O) groups excluding carboxylic acids is 1. The number of unbranched alkanes of at least 4 members (excludes halogenated alkanes) is 2. The summed E-state index contributed by atoms with van der Waals surface area (Å²) in [6, 6.07) is 10.7. The number of esters is 1. The minimum atomic E-state index is -0.122. The van der Waals surface area contributed by atoms with Crippen molar-refractivity contribution in [1.29, 1.82) is 0 Å². The first-order valence-electron chi connectivity index (χ1n) is 9.87. The number of hydrogen-bond acceptors (Lipinski definition) is 3. The Hall–Kier alpha value is -1.31. The molecule has 1 atom stereocenters. The van der Waals surface area contributed by atoms with Crippen LogP contribution in [0, 0.1) is 5.92 Å². The van der Waals surface area contributed by atoms with E-state index < -0.39 is 0 Å². The van der Waals surface area contributed by atoms with Crippen molar-refractivity contribution in [2.45, 2.75) is 45.4 Å². The van der Waals surface area contributed by atoms with Crippen LogP contribution in [0.2, 0.25) is 0 Å². The molecule has 1 saturated heterocycles. The van der Waals surface area contributed by atoms with Crippen LogP contribution in [-0.2, 0) is 16.0 Å². The molecule has 1 aliphatic rings. The van der Waals surface area contributed by atoms with Gasteiger partial charge in [-0.2, -0.15) is 0 Å². The van der Waals surface area contributed by atoms with E-state index in [1.54, 1.807) is 0 Å². The Morgan fingerprint density at radius 2 is 2.04 bits per heavy atom. The number of hydrogen-bond donors (Lipinski definition) is 1. The van der Waals surface area contributed by atoms with Crippen LogP contribution in [0.3, 0.4) is 0 Å². The molecule has 2 rings (SSSR count). The van der Waals surface area contributed by atoms with Crippen molar-refractivity contribution in [3.8, 4) is 0 Å². The largest absolute Gasteiger partial charge is 0.469 e. The van der Waals surface area contributed by atoms with Crippen LogP contribution in [-0.4, -0.2) is 50.1 Å². The number of guanidine groups is 1. The second-order valence-electron chi connectivity index (χ2n) is 6.91. The Morgan fingerprint density at radius 1 is 1.26 bits per heavy atom. The van der Waals surface area contributed by atoms with Crippen molar-refractivity contribution >= 4 is 35.9 Å². The molecule has 152 valence electrons. The number of likely N-dealkylation sites (tertiary alicyclic amines) is 1. The monoisotopic (exact) mass is 487 g/mol. The lowest BCUT2D eigenvalue weighted by Gasteiger charge is -2.21. The van der Waals surface area contributed by atoms with Gasteiger partial charge in [0.2, 0.25) is 0 Å². The number of ether oxygens (including phenoxy) is 1. The van der Waals surface area contributed by atoms with Gasteiger partial charge >= 0.3 is 5.97 Å². The smallest absolute Gasteiger partial charge is 0.305 e. The summed E-state index contributed by atoms with van der Waals surface area (Å²) in [6.45, 7) is 5.96. The third kappa shape index (κ3) is 8.95. The molecule has 1 aromatic carbocycles. The number of benzene rings is 1. The summed E-state index contributed by atoms with van der Waals surface area (Å²) in [5.74, 6) is 1.61. The third-order valence-electron chi connectivity index (χ3n) is 4.82. The summed E-state index contributed by atoms with van der Waals surface area (Å²) in [5.41, 5.74) is 1.42. The quantitative estimate of drug-likeness (QED) is 0.189. The molecule has 1 unspecified atom stereocenters. The summed E-state index contributed by atoms with van der Waals surface area (Å²) < 4.78 is 4.66. The van der Waals surface area contributed by atoms with Crippen LogP contribution in [0.5, 0.6) is 0 Å². The van der Waals surface area contributed by atoms with E-state index in [1.807, 2.05) is 0 Å². The Morgan fingerprint density at radius 3 is 2.74 bits per heavy atom. The summed E-state index contributed by atoms with van der Waals surface area (Å²) in [6.07, 6.45) is 5.76. The lowest BCUT2D eigenvalue weighted by atomic mass is 9.99. The number of nitrogens with one attached hydrogen (secondary N) is 1. The Bertz CT molecular complexity index is 566. The van der Waals surface area contributed by atoms with Crippen molar-refractivity contribution < 1.29 is 9.53 Å². The van der Waals surface area contributed by atoms with Gasteiger partial charge in [0.1, 0.15) is 0 Å². The second-order valence-corrected chi connectivity index (χ2v) is 6.91. The Kier molecular flexibility index (Phi) is 12.1. The molecule has 0 bridgehead atoms. The molecule has 0 amide bonds. The van der Waals surface area contributed by atoms with Crippen LogP contribution < -0.4 is 5.32 Å². The highest BCUT2D eigenvalue weighted by molar-refractivity contribution is 14.0. The number of halogens is 1. The summed E-state index contributed by atoms with van der Waals surface area (Å²) in [7, 11) is 1.44. The van der Waals surface area contributed by atoms with Gasteiger partial charge < -0.3 is 15.0 Å². The maximum atomic E-state index is 11.1. The first kappa shape index (κ1) is 23.7. The van der Waals surface area contributed by atoms with Crippen LogP contribution in [0.15, 0.2) is 35.3 Å². The topological polar surface area (TPSA) is 53.9 Å². The van der Waals surface area contributed by atoms with Crippen LogP contribution in [0.4, 0.5) is 0 Å². The fourth-order valence-electron chi connectivity index (χ4n) is 3.41. The molecule has 1 aliphatic heterocycles. The predicted molar refractivity (Wildman–Crippen MR) is 122 cm³/mol. The van der Waals surface area contributed by atoms with Crippen LogP contribution in [0.1, 0.15) is 44.6 Å². The second kappa shape index (κ2) is 13.8. The third-order valence-corrected chi connectivity index (χ3v) is 4.82. The van der Waals surface area contributed by atoms with Gasteiger partial charge in [-0.3, -0.25) is 9.79 Å². The van der Waals surface area contributed by atoms with E-state index in [1.165, 1.54) is 19.1 Å². The first-order chi connectivity index (χ1) is 12.7. The molecule has 5 nitrogen and oxygen atoms in total. The van der Waals surface area contributed by atoms with Gasteiger partial charge in [-0.15, -0.1) is 24.0 Å². The SMILES string of the molecule is CCNC(=NCCCCCC(=O)OC)N1CCC(Cc2ccccc2)C1.I. The maximum Gasteiger partial charge on any atom is 0.305 e. The van der Waals surface area contributed by atoms with Crippen molar-refractivity contribution in [2.24, 2.45) is 10.9 Å². The number of aliphatic imine (C=N–C) groups is 1. The molecule has 27 heavy (non-hydrogen) atoms. The highest BCUT2D eigenvalue weighted by Gasteiger charge is 2.24. The maximum absolute atomic E-state index is 11.1. The lowest BCUT2D eigenvalue weighted by molar-refractivity contribution is -0.140. The van der Waals surface area contributed by atoms with Gasteiger partial charge in [-0.05, 0) is 44.1 Å². The fourth-order valence-corrected chi connectivity index (χ4v) is 3.41. The van der Waals surface area contributed by atoms with Crippen molar-refractivity contribution in [1.82, 2.24) is 10.2 Å². The van der Waals surface area contributed by atoms with Gasteiger partial charge in [-0.1, -0.05) is 36.8 Å². The highest BCUT2D eigenvalue weighted by Crippen LogP contribution is 2.21. The van der Waals surface area contributed by atoms with E-state index >= 15 is 0 Å². The average molecular weight is 487 g/mol. The summed E-state index contributed by atoms with van der Waals surface area (Å²) in [5, 5.41) is 3.43. The van der Waals surface area contributed by atoms with Gasteiger partial charge in [0.05, 0.1) is 7.11 Å². The molecule has 1 N–H and O–H groups in total.